The summed E-state index contributed by atoms with van der Waals surface area (Å²) < 4.78 is 21.6. The Bertz CT molecular complexity index is 1130. The van der Waals surface area contributed by atoms with E-state index in [2.05, 4.69) is 6.08 Å². The number of fused-ring (bicyclic) bond motifs is 1. The topological polar surface area (TPSA) is 159 Å². The average Bonchev–Trinajstić information content (AvgIpc) is 2.81. The van der Waals surface area contributed by atoms with Crippen LogP contribution in [0.1, 0.15) is 33.6 Å². The van der Waals surface area contributed by atoms with Crippen molar-refractivity contribution in [1.29, 1.82) is 0 Å². The molecule has 0 radical (unpaired) electrons. The molecule has 0 bridgehead atoms. The van der Waals surface area contributed by atoms with Crippen molar-refractivity contribution in [2.45, 2.75) is 64.3 Å². The van der Waals surface area contributed by atoms with Gasteiger partial charge >= 0.3 is 5.63 Å². The minimum absolute atomic E-state index is 0.00427. The van der Waals surface area contributed by atoms with Crippen LogP contribution in [0.3, 0.4) is 0 Å². The first-order chi connectivity index (χ1) is 16.6. The lowest BCUT2D eigenvalue weighted by Crippen LogP contribution is -2.60. The molecule has 5 N–H and O–H groups in total. The van der Waals surface area contributed by atoms with E-state index in [0.29, 0.717) is 0 Å². The molecule has 1 aromatic heterocycles. The summed E-state index contributed by atoms with van der Waals surface area (Å²) in [6.07, 6.45) is -1.53. The lowest BCUT2D eigenvalue weighted by molar-refractivity contribution is -0.277. The number of allylic oxidation sites excluding steroid dienone is 3. The van der Waals surface area contributed by atoms with Gasteiger partial charge in [0.2, 0.25) is 12.0 Å². The highest BCUT2D eigenvalue weighted by Gasteiger charge is 2.44. The number of aliphatic hydroxyl groups is 4. The van der Waals surface area contributed by atoms with Crippen LogP contribution in [0.25, 0.3) is 11.0 Å². The van der Waals surface area contributed by atoms with Gasteiger partial charge in [-0.15, -0.1) is 0 Å². The van der Waals surface area contributed by atoms with Crippen LogP contribution in [0, 0.1) is 0 Å². The zero-order chi connectivity index (χ0) is 25.7. The maximum Gasteiger partial charge on any atom is 0.383 e. The van der Waals surface area contributed by atoms with E-state index in [1.165, 1.54) is 23.8 Å². The van der Waals surface area contributed by atoms with E-state index in [4.69, 9.17) is 18.6 Å². The number of hydrogen-bond acceptors (Lipinski definition) is 10. The summed E-state index contributed by atoms with van der Waals surface area (Å²) in [5, 5.41) is 50.0. The zero-order valence-corrected chi connectivity index (χ0v) is 19.9. The molecule has 1 saturated heterocycles. The SMILES string of the molecule is CC(C)=CCCC(C)=CCOc1c(O)c2ccc(O[C@H]3O[C@H](CO)[C@@H](O)[C@H](O)[C@@H]3O)cc2oc1=O. The molecule has 3 rings (SSSR count). The summed E-state index contributed by atoms with van der Waals surface area (Å²) in [5.74, 6) is -0.604. The Labute approximate surface area is 202 Å². The van der Waals surface area contributed by atoms with Gasteiger partial charge < -0.3 is 44.2 Å². The predicted molar refractivity (Wildman–Crippen MR) is 126 cm³/mol. The number of benzene rings is 1. The van der Waals surface area contributed by atoms with Crippen LogP contribution in [-0.4, -0.2) is 69.5 Å². The molecule has 10 nitrogen and oxygen atoms in total. The second-order valence-electron chi connectivity index (χ2n) is 8.72. The number of aliphatic hydroxyl groups excluding tert-OH is 4. The molecule has 5 atom stereocenters. The summed E-state index contributed by atoms with van der Waals surface area (Å²) in [4.78, 5) is 12.4. The molecule has 0 amide bonds. The second kappa shape index (κ2) is 11.7. The minimum atomic E-state index is -1.60. The summed E-state index contributed by atoms with van der Waals surface area (Å²) in [6, 6.07) is 4.16. The zero-order valence-electron chi connectivity index (χ0n) is 19.9. The third-order valence-electron chi connectivity index (χ3n) is 5.66. The summed E-state index contributed by atoms with van der Waals surface area (Å²) in [6.45, 7) is 5.52. The highest BCUT2D eigenvalue weighted by Crippen LogP contribution is 2.34. The molecule has 0 aliphatic carbocycles. The molecule has 2 aromatic rings. The van der Waals surface area contributed by atoms with Crippen molar-refractivity contribution in [1.82, 2.24) is 0 Å². The van der Waals surface area contributed by atoms with Crippen molar-refractivity contribution in [3.8, 4) is 17.2 Å². The summed E-state index contributed by atoms with van der Waals surface area (Å²) in [7, 11) is 0. The largest absolute Gasteiger partial charge is 0.504 e. The highest BCUT2D eigenvalue weighted by molar-refractivity contribution is 5.86. The van der Waals surface area contributed by atoms with Crippen molar-refractivity contribution in [3.05, 3.63) is 51.9 Å². The van der Waals surface area contributed by atoms with Gasteiger partial charge in [-0.3, -0.25) is 0 Å². The number of rotatable bonds is 9. The third kappa shape index (κ3) is 6.41. The van der Waals surface area contributed by atoms with E-state index in [1.54, 1.807) is 0 Å². The van der Waals surface area contributed by atoms with Gasteiger partial charge in [0.15, 0.2) is 5.75 Å². The molecule has 10 heteroatoms. The minimum Gasteiger partial charge on any atom is -0.504 e. The lowest BCUT2D eigenvalue weighted by Gasteiger charge is -2.39. The molecule has 0 spiro atoms. The summed E-state index contributed by atoms with van der Waals surface area (Å²) in [5.41, 5.74) is 1.45. The van der Waals surface area contributed by atoms with Crippen LogP contribution >= 0.6 is 0 Å². The number of hydrogen-bond donors (Lipinski definition) is 5. The van der Waals surface area contributed by atoms with Gasteiger partial charge in [0.1, 0.15) is 42.4 Å². The quantitative estimate of drug-likeness (QED) is 0.258. The molecule has 0 saturated carbocycles. The Morgan fingerprint density at radius 2 is 1.83 bits per heavy atom. The molecule has 0 unspecified atom stereocenters. The number of ether oxygens (including phenoxy) is 3. The van der Waals surface area contributed by atoms with Crippen LogP contribution in [-0.2, 0) is 4.74 Å². The van der Waals surface area contributed by atoms with Crippen LogP contribution in [0.5, 0.6) is 17.2 Å². The highest BCUT2D eigenvalue weighted by atomic mass is 16.7. The van der Waals surface area contributed by atoms with Crippen molar-refractivity contribution >= 4 is 11.0 Å². The fourth-order valence-corrected chi connectivity index (χ4v) is 3.61. The van der Waals surface area contributed by atoms with Gasteiger partial charge in [-0.05, 0) is 51.8 Å². The number of aromatic hydroxyl groups is 1. The maximum absolute atomic E-state index is 12.4. The first kappa shape index (κ1) is 26.7. The van der Waals surface area contributed by atoms with Gasteiger partial charge in [0.05, 0.1) is 12.0 Å². The van der Waals surface area contributed by atoms with Crippen molar-refractivity contribution in [2.75, 3.05) is 13.2 Å². The van der Waals surface area contributed by atoms with E-state index in [0.717, 1.165) is 18.4 Å². The van der Waals surface area contributed by atoms with E-state index >= 15 is 0 Å². The Morgan fingerprint density at radius 1 is 1.09 bits per heavy atom. The van der Waals surface area contributed by atoms with Gasteiger partial charge in [0.25, 0.3) is 0 Å². The summed E-state index contributed by atoms with van der Waals surface area (Å²) >= 11 is 0. The predicted octanol–water partition coefficient (Wildman–Crippen LogP) is 1.75. The molecule has 1 fully saturated rings. The normalized spacial score (nSPS) is 24.9. The Hall–Kier alpha value is -2.89. The Balaban J connectivity index is 1.73. The van der Waals surface area contributed by atoms with E-state index < -0.39 is 42.9 Å². The smallest absolute Gasteiger partial charge is 0.383 e. The molecule has 1 aliphatic heterocycles. The first-order valence-electron chi connectivity index (χ1n) is 11.3. The van der Waals surface area contributed by atoms with E-state index in [9.17, 15) is 30.3 Å². The van der Waals surface area contributed by atoms with Crippen molar-refractivity contribution in [3.63, 3.8) is 0 Å². The lowest BCUT2D eigenvalue weighted by atomic mass is 9.99. The third-order valence-corrected chi connectivity index (χ3v) is 5.66. The maximum atomic E-state index is 12.4. The standard InChI is InChI=1S/C25H32O10/c1-13(2)5-4-6-14(3)9-10-32-23-19(27)16-8-7-15(11-17(16)34-24(23)31)33-25-22(30)21(29)20(28)18(12-26)35-25/h5,7-9,11,18,20-22,25-30H,4,6,10,12H2,1-3H3/t18-,20-,21+,22+,25+/m1/s1. The van der Waals surface area contributed by atoms with Crippen LogP contribution < -0.4 is 15.1 Å². The molecular weight excluding hydrogens is 460 g/mol. The Kier molecular flexibility index (Phi) is 8.92. The average molecular weight is 493 g/mol. The van der Waals surface area contributed by atoms with Gasteiger partial charge in [-0.1, -0.05) is 17.2 Å². The fraction of sp³-hybridized carbons (Fsp3) is 0.480. The van der Waals surface area contributed by atoms with E-state index in [1.807, 2.05) is 26.8 Å². The molecule has 35 heavy (non-hydrogen) atoms. The monoisotopic (exact) mass is 492 g/mol. The fourth-order valence-electron chi connectivity index (χ4n) is 3.61. The molecular formula is C25H32O10. The molecule has 1 aliphatic rings. The molecule has 1 aromatic carbocycles. The Morgan fingerprint density at radius 3 is 2.51 bits per heavy atom. The first-order valence-corrected chi connectivity index (χ1v) is 11.3. The van der Waals surface area contributed by atoms with Gasteiger partial charge in [-0.25, -0.2) is 4.79 Å². The molecule has 192 valence electrons. The van der Waals surface area contributed by atoms with Crippen molar-refractivity contribution < 1.29 is 44.2 Å². The van der Waals surface area contributed by atoms with Gasteiger partial charge in [-0.2, -0.15) is 0 Å². The van der Waals surface area contributed by atoms with Crippen molar-refractivity contribution in [2.24, 2.45) is 0 Å². The van der Waals surface area contributed by atoms with Crippen LogP contribution in [0.4, 0.5) is 0 Å². The van der Waals surface area contributed by atoms with E-state index in [-0.39, 0.29) is 34.8 Å². The second-order valence-corrected chi connectivity index (χ2v) is 8.72. The van der Waals surface area contributed by atoms with Crippen LogP contribution in [0.15, 0.2) is 50.7 Å². The molecule has 2 heterocycles. The van der Waals surface area contributed by atoms with Gasteiger partial charge in [0, 0.05) is 6.07 Å². The van der Waals surface area contributed by atoms with Crippen LogP contribution in [0.2, 0.25) is 0 Å².